The van der Waals surface area contributed by atoms with Gasteiger partial charge in [-0.3, -0.25) is 4.79 Å². The van der Waals surface area contributed by atoms with Crippen LogP contribution in [0.25, 0.3) is 0 Å². The standard InChI is InChI=1S/C17H23ClINO/c1-17(2,3)12-6-4-5-7-15(12)20-16(21)11-8-9-14(19)13(18)10-11/h8-10,12,15H,4-7H2,1-3H3,(H,20,21). The molecule has 2 atom stereocenters. The normalized spacial score (nSPS) is 22.9. The Balaban J connectivity index is 2.11. The molecule has 1 aromatic rings. The zero-order valence-corrected chi connectivity index (χ0v) is 15.8. The summed E-state index contributed by atoms with van der Waals surface area (Å²) in [5.41, 5.74) is 0.876. The van der Waals surface area contributed by atoms with E-state index in [-0.39, 0.29) is 17.4 Å². The van der Waals surface area contributed by atoms with Crippen molar-refractivity contribution < 1.29 is 4.79 Å². The molecule has 21 heavy (non-hydrogen) atoms. The van der Waals surface area contributed by atoms with E-state index in [1.807, 2.05) is 12.1 Å². The topological polar surface area (TPSA) is 29.1 Å². The summed E-state index contributed by atoms with van der Waals surface area (Å²) in [6.07, 6.45) is 4.74. The highest BCUT2D eigenvalue weighted by molar-refractivity contribution is 14.1. The SMILES string of the molecule is CC(C)(C)C1CCCCC1NC(=O)c1ccc(I)c(Cl)c1. The summed E-state index contributed by atoms with van der Waals surface area (Å²) in [6, 6.07) is 5.76. The van der Waals surface area contributed by atoms with E-state index in [0.29, 0.717) is 16.5 Å². The Morgan fingerprint density at radius 3 is 2.57 bits per heavy atom. The van der Waals surface area contributed by atoms with Crippen LogP contribution in [-0.4, -0.2) is 11.9 Å². The highest BCUT2D eigenvalue weighted by Crippen LogP contribution is 2.38. The molecule has 0 bridgehead atoms. The van der Waals surface area contributed by atoms with Crippen molar-refractivity contribution in [2.45, 2.75) is 52.5 Å². The Morgan fingerprint density at radius 1 is 1.29 bits per heavy atom. The van der Waals surface area contributed by atoms with Crippen molar-refractivity contribution in [3.63, 3.8) is 0 Å². The number of halogens is 2. The average Bonchev–Trinajstić information content (AvgIpc) is 2.41. The van der Waals surface area contributed by atoms with E-state index in [4.69, 9.17) is 11.6 Å². The van der Waals surface area contributed by atoms with E-state index in [1.165, 1.54) is 19.3 Å². The molecule has 0 aliphatic heterocycles. The minimum atomic E-state index is -0.00514. The Kier molecular flexibility index (Phi) is 5.58. The van der Waals surface area contributed by atoms with Crippen LogP contribution in [0.2, 0.25) is 5.02 Å². The molecule has 0 spiro atoms. The Hall–Kier alpha value is -0.290. The van der Waals surface area contributed by atoms with Crippen LogP contribution in [-0.2, 0) is 0 Å². The predicted octanol–water partition coefficient (Wildman–Crippen LogP) is 5.28. The lowest BCUT2D eigenvalue weighted by molar-refractivity contribution is 0.0830. The van der Waals surface area contributed by atoms with Crippen LogP contribution in [0.4, 0.5) is 0 Å². The maximum atomic E-state index is 12.5. The molecular formula is C17H23ClINO. The second-order valence-electron chi connectivity index (χ2n) is 6.97. The third-order valence-electron chi connectivity index (χ3n) is 4.38. The van der Waals surface area contributed by atoms with Crippen LogP contribution < -0.4 is 5.32 Å². The average molecular weight is 420 g/mol. The maximum absolute atomic E-state index is 12.5. The first kappa shape index (κ1) is 17.1. The molecular weight excluding hydrogens is 397 g/mol. The molecule has 1 saturated carbocycles. The third-order valence-corrected chi connectivity index (χ3v) is 5.95. The van der Waals surface area contributed by atoms with Crippen molar-refractivity contribution in [3.8, 4) is 0 Å². The lowest BCUT2D eigenvalue weighted by atomic mass is 9.69. The summed E-state index contributed by atoms with van der Waals surface area (Å²) in [7, 11) is 0. The molecule has 1 amide bonds. The van der Waals surface area contributed by atoms with Crippen molar-refractivity contribution in [2.24, 2.45) is 11.3 Å². The summed E-state index contributed by atoms with van der Waals surface area (Å²) >= 11 is 8.28. The molecule has 1 aliphatic rings. The summed E-state index contributed by atoms with van der Waals surface area (Å²) in [6.45, 7) is 6.80. The maximum Gasteiger partial charge on any atom is 0.251 e. The van der Waals surface area contributed by atoms with Crippen LogP contribution in [0.5, 0.6) is 0 Å². The number of carbonyl (C=O) groups excluding carboxylic acids is 1. The molecule has 1 aliphatic carbocycles. The van der Waals surface area contributed by atoms with E-state index < -0.39 is 0 Å². The molecule has 1 N–H and O–H groups in total. The molecule has 2 unspecified atom stereocenters. The number of benzene rings is 1. The molecule has 0 heterocycles. The van der Waals surface area contributed by atoms with E-state index in [1.54, 1.807) is 6.07 Å². The van der Waals surface area contributed by atoms with Crippen molar-refractivity contribution in [1.82, 2.24) is 5.32 Å². The monoisotopic (exact) mass is 419 g/mol. The molecule has 0 saturated heterocycles. The van der Waals surface area contributed by atoms with E-state index in [2.05, 4.69) is 48.7 Å². The first-order valence-electron chi connectivity index (χ1n) is 7.55. The molecule has 1 fully saturated rings. The zero-order valence-electron chi connectivity index (χ0n) is 12.9. The zero-order chi connectivity index (χ0) is 15.6. The number of hydrogen-bond acceptors (Lipinski definition) is 1. The van der Waals surface area contributed by atoms with Gasteiger partial charge in [-0.05, 0) is 65.0 Å². The number of rotatable bonds is 2. The molecule has 116 valence electrons. The molecule has 2 rings (SSSR count). The molecule has 4 heteroatoms. The van der Waals surface area contributed by atoms with Crippen molar-refractivity contribution in [3.05, 3.63) is 32.4 Å². The highest BCUT2D eigenvalue weighted by Gasteiger charge is 2.34. The Labute approximate surface area is 146 Å². The minimum Gasteiger partial charge on any atom is -0.349 e. The van der Waals surface area contributed by atoms with Gasteiger partial charge in [-0.25, -0.2) is 0 Å². The van der Waals surface area contributed by atoms with Gasteiger partial charge in [-0.15, -0.1) is 0 Å². The van der Waals surface area contributed by atoms with Crippen molar-refractivity contribution >= 4 is 40.1 Å². The molecule has 0 aromatic heterocycles. The summed E-state index contributed by atoms with van der Waals surface area (Å²) < 4.78 is 0.969. The van der Waals surface area contributed by atoms with E-state index in [0.717, 1.165) is 9.99 Å². The van der Waals surface area contributed by atoms with Gasteiger partial charge in [0.1, 0.15) is 0 Å². The van der Waals surface area contributed by atoms with E-state index in [9.17, 15) is 4.79 Å². The second-order valence-corrected chi connectivity index (χ2v) is 8.54. The molecule has 0 radical (unpaired) electrons. The molecule has 1 aromatic carbocycles. The smallest absolute Gasteiger partial charge is 0.251 e. The van der Waals surface area contributed by atoms with E-state index >= 15 is 0 Å². The number of amides is 1. The van der Waals surface area contributed by atoms with Crippen LogP contribution in [0.1, 0.15) is 56.8 Å². The quantitative estimate of drug-likeness (QED) is 0.649. The summed E-state index contributed by atoms with van der Waals surface area (Å²) in [5, 5.41) is 3.88. The van der Waals surface area contributed by atoms with Gasteiger partial charge in [0.25, 0.3) is 5.91 Å². The highest BCUT2D eigenvalue weighted by atomic mass is 127. The van der Waals surface area contributed by atoms with Gasteiger partial charge >= 0.3 is 0 Å². The fraction of sp³-hybridized carbons (Fsp3) is 0.588. The Bertz CT molecular complexity index is 524. The van der Waals surface area contributed by atoms with Crippen LogP contribution in [0, 0.1) is 14.9 Å². The van der Waals surface area contributed by atoms with Gasteiger partial charge in [-0.2, -0.15) is 0 Å². The first-order valence-corrected chi connectivity index (χ1v) is 9.00. The fourth-order valence-electron chi connectivity index (χ4n) is 3.23. The van der Waals surface area contributed by atoms with Crippen LogP contribution >= 0.6 is 34.2 Å². The summed E-state index contributed by atoms with van der Waals surface area (Å²) in [5.74, 6) is 0.531. The fourth-order valence-corrected chi connectivity index (χ4v) is 3.75. The van der Waals surface area contributed by atoms with Gasteiger partial charge in [0.15, 0.2) is 0 Å². The minimum absolute atomic E-state index is 0.00514. The van der Waals surface area contributed by atoms with Gasteiger partial charge in [-0.1, -0.05) is 45.2 Å². The first-order chi connectivity index (χ1) is 9.79. The Morgan fingerprint density at radius 2 is 1.95 bits per heavy atom. The second kappa shape index (κ2) is 6.86. The van der Waals surface area contributed by atoms with Crippen LogP contribution in [0.3, 0.4) is 0 Å². The van der Waals surface area contributed by atoms with Crippen molar-refractivity contribution in [2.75, 3.05) is 0 Å². The predicted molar refractivity (Wildman–Crippen MR) is 96.8 cm³/mol. The molecule has 2 nitrogen and oxygen atoms in total. The van der Waals surface area contributed by atoms with Crippen molar-refractivity contribution in [1.29, 1.82) is 0 Å². The largest absolute Gasteiger partial charge is 0.349 e. The van der Waals surface area contributed by atoms with Gasteiger partial charge in [0.2, 0.25) is 0 Å². The van der Waals surface area contributed by atoms with Gasteiger partial charge in [0, 0.05) is 15.2 Å². The summed E-state index contributed by atoms with van der Waals surface area (Å²) in [4.78, 5) is 12.5. The number of carbonyl (C=O) groups is 1. The number of nitrogens with one attached hydrogen (secondary N) is 1. The van der Waals surface area contributed by atoms with Gasteiger partial charge < -0.3 is 5.32 Å². The lowest BCUT2D eigenvalue weighted by Crippen LogP contribution is -2.46. The van der Waals surface area contributed by atoms with Gasteiger partial charge in [0.05, 0.1) is 5.02 Å². The van der Waals surface area contributed by atoms with Crippen LogP contribution in [0.15, 0.2) is 18.2 Å². The third kappa shape index (κ3) is 4.35. The lowest BCUT2D eigenvalue weighted by Gasteiger charge is -2.40. The number of hydrogen-bond donors (Lipinski definition) is 1.